The normalized spacial score (nSPS) is 17.8. The van der Waals surface area contributed by atoms with E-state index in [0.717, 1.165) is 22.6 Å². The van der Waals surface area contributed by atoms with Crippen LogP contribution >= 0.6 is 0 Å². The topological polar surface area (TPSA) is 66.9 Å². The standard InChI is InChI=1S/C23H28N2O4S/c1-24(2)20-9-4-19(5-10-20)16-25(21-14-15-30(27,28)17-21)23(26)13-8-18-6-11-22(29-3)12-7-18/h4-13,21H,14-17H2,1-3H3/b13-8+. The van der Waals surface area contributed by atoms with Crippen molar-refractivity contribution in [3.63, 3.8) is 0 Å². The van der Waals surface area contributed by atoms with Crippen molar-refractivity contribution < 1.29 is 17.9 Å². The van der Waals surface area contributed by atoms with Crippen molar-refractivity contribution in [2.24, 2.45) is 0 Å². The highest BCUT2D eigenvalue weighted by Gasteiger charge is 2.34. The van der Waals surface area contributed by atoms with Gasteiger partial charge in [-0.05, 0) is 47.9 Å². The number of amides is 1. The maximum atomic E-state index is 13.0. The molecule has 0 spiro atoms. The fraction of sp³-hybridized carbons (Fsp3) is 0.348. The van der Waals surface area contributed by atoms with Crippen LogP contribution in [0.2, 0.25) is 0 Å². The molecule has 0 radical (unpaired) electrons. The monoisotopic (exact) mass is 428 g/mol. The molecule has 30 heavy (non-hydrogen) atoms. The number of hydrogen-bond acceptors (Lipinski definition) is 5. The van der Waals surface area contributed by atoms with E-state index in [9.17, 15) is 13.2 Å². The molecular formula is C23H28N2O4S. The van der Waals surface area contributed by atoms with Gasteiger partial charge in [0, 0.05) is 38.4 Å². The first-order chi connectivity index (χ1) is 14.3. The minimum absolute atomic E-state index is 0.0187. The number of ether oxygens (including phenoxy) is 1. The lowest BCUT2D eigenvalue weighted by Gasteiger charge is -2.27. The average Bonchev–Trinajstić information content (AvgIpc) is 3.10. The lowest BCUT2D eigenvalue weighted by atomic mass is 10.1. The fourth-order valence-electron chi connectivity index (χ4n) is 3.48. The van der Waals surface area contributed by atoms with Gasteiger partial charge in [0.2, 0.25) is 5.91 Å². The Morgan fingerprint density at radius 3 is 2.30 bits per heavy atom. The maximum absolute atomic E-state index is 13.0. The number of carbonyl (C=O) groups is 1. The predicted molar refractivity (Wildman–Crippen MR) is 120 cm³/mol. The molecule has 1 heterocycles. The van der Waals surface area contributed by atoms with Gasteiger partial charge in [-0.2, -0.15) is 0 Å². The van der Waals surface area contributed by atoms with Crippen LogP contribution in [0.4, 0.5) is 5.69 Å². The molecule has 0 N–H and O–H groups in total. The zero-order valence-corrected chi connectivity index (χ0v) is 18.4. The van der Waals surface area contributed by atoms with Crippen molar-refractivity contribution in [1.29, 1.82) is 0 Å². The third kappa shape index (κ3) is 5.63. The van der Waals surface area contributed by atoms with Crippen LogP contribution in [0.3, 0.4) is 0 Å². The van der Waals surface area contributed by atoms with Gasteiger partial charge in [-0.3, -0.25) is 4.79 Å². The first-order valence-corrected chi connectivity index (χ1v) is 11.7. The molecule has 6 nitrogen and oxygen atoms in total. The first-order valence-electron chi connectivity index (χ1n) is 9.87. The summed E-state index contributed by atoms with van der Waals surface area (Å²) < 4.78 is 29.2. The van der Waals surface area contributed by atoms with Crippen LogP contribution in [0.25, 0.3) is 6.08 Å². The van der Waals surface area contributed by atoms with Gasteiger partial charge in [0.05, 0.1) is 18.6 Å². The van der Waals surface area contributed by atoms with E-state index < -0.39 is 9.84 Å². The minimum atomic E-state index is -3.10. The quantitative estimate of drug-likeness (QED) is 0.635. The van der Waals surface area contributed by atoms with Crippen molar-refractivity contribution in [1.82, 2.24) is 4.90 Å². The van der Waals surface area contributed by atoms with Gasteiger partial charge in [0.15, 0.2) is 9.84 Å². The molecule has 0 aromatic heterocycles. The molecule has 1 fully saturated rings. The number of hydrogen-bond donors (Lipinski definition) is 0. The largest absolute Gasteiger partial charge is 0.497 e. The summed E-state index contributed by atoms with van der Waals surface area (Å²) in [5.41, 5.74) is 2.91. The summed E-state index contributed by atoms with van der Waals surface area (Å²) in [5.74, 6) is 0.704. The van der Waals surface area contributed by atoms with Crippen molar-refractivity contribution in [2.75, 3.05) is 37.6 Å². The van der Waals surface area contributed by atoms with Crippen LogP contribution in [0.5, 0.6) is 5.75 Å². The van der Waals surface area contributed by atoms with Crippen LogP contribution in [-0.4, -0.2) is 58.0 Å². The fourth-order valence-corrected chi connectivity index (χ4v) is 5.21. The third-order valence-electron chi connectivity index (χ3n) is 5.27. The molecule has 160 valence electrons. The number of methoxy groups -OCH3 is 1. The number of sulfone groups is 1. The summed E-state index contributed by atoms with van der Waals surface area (Å²) in [6, 6.07) is 15.0. The smallest absolute Gasteiger partial charge is 0.247 e. The van der Waals surface area contributed by atoms with Gasteiger partial charge in [0.25, 0.3) is 0 Å². The molecule has 1 atom stereocenters. The van der Waals surface area contributed by atoms with Crippen LogP contribution in [-0.2, 0) is 21.2 Å². The Kier molecular flexibility index (Phi) is 6.82. The summed E-state index contributed by atoms with van der Waals surface area (Å²) in [6.45, 7) is 0.375. The van der Waals surface area contributed by atoms with E-state index in [4.69, 9.17) is 4.74 Å². The second-order valence-electron chi connectivity index (χ2n) is 7.69. The lowest BCUT2D eigenvalue weighted by molar-refractivity contribution is -0.128. The number of benzene rings is 2. The summed E-state index contributed by atoms with van der Waals surface area (Å²) >= 11 is 0. The Hall–Kier alpha value is -2.80. The highest BCUT2D eigenvalue weighted by molar-refractivity contribution is 7.91. The lowest BCUT2D eigenvalue weighted by Crippen LogP contribution is -2.39. The minimum Gasteiger partial charge on any atom is -0.497 e. The van der Waals surface area contributed by atoms with Gasteiger partial charge < -0.3 is 14.5 Å². The van der Waals surface area contributed by atoms with Crippen molar-refractivity contribution in [2.45, 2.75) is 19.0 Å². The second-order valence-corrected chi connectivity index (χ2v) is 9.92. The Labute approximate surface area is 178 Å². The summed E-state index contributed by atoms with van der Waals surface area (Å²) in [5, 5.41) is 0. The number of nitrogens with zero attached hydrogens (tertiary/aromatic N) is 2. The van der Waals surface area contributed by atoms with Crippen LogP contribution in [0, 0.1) is 0 Å². The van der Waals surface area contributed by atoms with Crippen LogP contribution in [0.1, 0.15) is 17.5 Å². The van der Waals surface area contributed by atoms with E-state index in [1.807, 2.05) is 67.5 Å². The molecular weight excluding hydrogens is 400 g/mol. The Morgan fingerprint density at radius 1 is 1.10 bits per heavy atom. The van der Waals surface area contributed by atoms with Gasteiger partial charge in [0.1, 0.15) is 5.75 Å². The van der Waals surface area contributed by atoms with Crippen molar-refractivity contribution in [3.05, 3.63) is 65.7 Å². The van der Waals surface area contributed by atoms with E-state index in [-0.39, 0.29) is 23.5 Å². The van der Waals surface area contributed by atoms with E-state index in [0.29, 0.717) is 13.0 Å². The summed E-state index contributed by atoms with van der Waals surface area (Å²) in [7, 11) is 2.45. The third-order valence-corrected chi connectivity index (χ3v) is 7.02. The van der Waals surface area contributed by atoms with E-state index in [1.54, 1.807) is 18.1 Å². The second kappa shape index (κ2) is 9.34. The molecule has 1 aliphatic heterocycles. The highest BCUT2D eigenvalue weighted by Crippen LogP contribution is 2.22. The van der Waals surface area contributed by atoms with Gasteiger partial charge in [-0.25, -0.2) is 8.42 Å². The average molecular weight is 429 g/mol. The molecule has 7 heteroatoms. The molecule has 0 bridgehead atoms. The molecule has 1 aliphatic rings. The van der Waals surface area contributed by atoms with E-state index >= 15 is 0 Å². The summed E-state index contributed by atoms with van der Waals surface area (Å²) in [4.78, 5) is 16.7. The van der Waals surface area contributed by atoms with Crippen molar-refractivity contribution >= 4 is 27.5 Å². The Bertz CT molecular complexity index is 997. The Morgan fingerprint density at radius 2 is 1.77 bits per heavy atom. The number of carbonyl (C=O) groups excluding carboxylic acids is 1. The zero-order chi connectivity index (χ0) is 21.7. The highest BCUT2D eigenvalue weighted by atomic mass is 32.2. The molecule has 2 aromatic rings. The molecule has 1 amide bonds. The van der Waals surface area contributed by atoms with E-state index in [1.165, 1.54) is 6.08 Å². The van der Waals surface area contributed by atoms with Crippen molar-refractivity contribution in [3.8, 4) is 5.75 Å². The summed E-state index contributed by atoms with van der Waals surface area (Å²) in [6.07, 6.45) is 3.73. The predicted octanol–water partition coefficient (Wildman–Crippen LogP) is 2.99. The van der Waals surface area contributed by atoms with E-state index in [2.05, 4.69) is 0 Å². The molecule has 2 aromatic carbocycles. The number of rotatable bonds is 7. The zero-order valence-electron chi connectivity index (χ0n) is 17.6. The Balaban J connectivity index is 1.79. The first kappa shape index (κ1) is 21.9. The van der Waals surface area contributed by atoms with Gasteiger partial charge >= 0.3 is 0 Å². The van der Waals surface area contributed by atoms with Crippen LogP contribution < -0.4 is 9.64 Å². The van der Waals surface area contributed by atoms with Gasteiger partial charge in [-0.1, -0.05) is 24.3 Å². The molecule has 1 unspecified atom stereocenters. The molecule has 1 saturated heterocycles. The van der Waals surface area contributed by atoms with Crippen LogP contribution in [0.15, 0.2) is 54.6 Å². The SMILES string of the molecule is COc1ccc(/C=C/C(=O)N(Cc2ccc(N(C)C)cc2)C2CCS(=O)(=O)C2)cc1. The molecule has 0 aliphatic carbocycles. The van der Waals surface area contributed by atoms with Gasteiger partial charge in [-0.15, -0.1) is 0 Å². The maximum Gasteiger partial charge on any atom is 0.247 e. The molecule has 3 rings (SSSR count). The number of anilines is 1. The molecule has 0 saturated carbocycles.